The molecule has 1 aromatic rings. The molecule has 1 aromatic heterocycles. The first-order valence-electron chi connectivity index (χ1n) is 5.09. The fraction of sp³-hybridized carbons (Fsp3) is 0.400. The molecule has 5 nitrogen and oxygen atoms in total. The summed E-state index contributed by atoms with van der Waals surface area (Å²) in [6.45, 7) is 2.85. The van der Waals surface area contributed by atoms with Crippen LogP contribution in [0.4, 0.5) is 0 Å². The van der Waals surface area contributed by atoms with E-state index in [2.05, 4.69) is 5.16 Å². The van der Waals surface area contributed by atoms with Gasteiger partial charge in [0, 0.05) is 19.5 Å². The highest BCUT2D eigenvalue weighted by Crippen LogP contribution is 2.22. The number of rotatable bonds is 5. The van der Waals surface area contributed by atoms with Crippen LogP contribution in [0, 0.1) is 0 Å². The molecule has 0 aliphatic rings. The summed E-state index contributed by atoms with van der Waals surface area (Å²) in [5, 5.41) is 11.3. The Labute approximate surface area is 108 Å². The van der Waals surface area contributed by atoms with Gasteiger partial charge in [0.15, 0.2) is 0 Å². The molecule has 0 bridgehead atoms. The van der Waals surface area contributed by atoms with Crippen LogP contribution in [0.1, 0.15) is 23.0 Å². The molecule has 7 heteroatoms. The van der Waals surface area contributed by atoms with E-state index in [1.165, 1.54) is 11.3 Å². The van der Waals surface area contributed by atoms with Crippen molar-refractivity contribution in [2.24, 2.45) is 10.9 Å². The van der Waals surface area contributed by atoms with Crippen molar-refractivity contribution in [3.63, 3.8) is 0 Å². The molecular weight excluding hydrogens is 262 g/mol. The number of amides is 1. The summed E-state index contributed by atoms with van der Waals surface area (Å²) in [6, 6.07) is 3.39. The van der Waals surface area contributed by atoms with E-state index in [1.54, 1.807) is 17.0 Å². The second-order valence-electron chi connectivity index (χ2n) is 3.33. The van der Waals surface area contributed by atoms with Gasteiger partial charge in [-0.3, -0.25) is 4.79 Å². The Morgan fingerprint density at radius 3 is 2.82 bits per heavy atom. The van der Waals surface area contributed by atoms with E-state index in [1.807, 2.05) is 6.92 Å². The fourth-order valence-corrected chi connectivity index (χ4v) is 2.30. The molecule has 0 aromatic carbocycles. The Hall–Kier alpha value is -1.27. The molecule has 1 heterocycles. The van der Waals surface area contributed by atoms with Crippen LogP contribution < -0.4 is 5.73 Å². The van der Waals surface area contributed by atoms with E-state index in [0.29, 0.717) is 28.7 Å². The van der Waals surface area contributed by atoms with E-state index in [9.17, 15) is 4.79 Å². The molecule has 0 radical (unpaired) electrons. The van der Waals surface area contributed by atoms with Crippen LogP contribution in [-0.4, -0.2) is 34.9 Å². The van der Waals surface area contributed by atoms with Crippen LogP contribution in [0.3, 0.4) is 0 Å². The van der Waals surface area contributed by atoms with Crippen LogP contribution in [0.15, 0.2) is 17.3 Å². The van der Waals surface area contributed by atoms with Gasteiger partial charge in [-0.2, -0.15) is 0 Å². The molecule has 0 atom stereocenters. The Morgan fingerprint density at radius 1 is 1.65 bits per heavy atom. The van der Waals surface area contributed by atoms with Gasteiger partial charge in [0.25, 0.3) is 5.91 Å². The molecule has 94 valence electrons. The number of hydrogen-bond acceptors (Lipinski definition) is 4. The quantitative estimate of drug-likeness (QED) is 0.373. The molecule has 0 spiro atoms. The molecule has 0 saturated carbocycles. The molecule has 17 heavy (non-hydrogen) atoms. The lowest BCUT2D eigenvalue weighted by Crippen LogP contribution is -2.33. The smallest absolute Gasteiger partial charge is 0.263 e. The Balaban J connectivity index is 2.64. The van der Waals surface area contributed by atoms with Gasteiger partial charge in [0.05, 0.1) is 9.21 Å². The third kappa shape index (κ3) is 3.90. The molecule has 1 amide bonds. The number of halogens is 1. The predicted octanol–water partition coefficient (Wildman–Crippen LogP) is 2.00. The highest BCUT2D eigenvalue weighted by atomic mass is 35.5. The summed E-state index contributed by atoms with van der Waals surface area (Å²) in [4.78, 5) is 14.2. The fourth-order valence-electron chi connectivity index (χ4n) is 1.29. The Kier molecular flexibility index (Phi) is 5.24. The molecule has 0 fully saturated rings. The lowest BCUT2D eigenvalue weighted by Gasteiger charge is -2.19. The molecule has 0 unspecified atom stereocenters. The number of hydrogen-bond donors (Lipinski definition) is 2. The number of nitrogens with zero attached hydrogens (tertiary/aromatic N) is 2. The summed E-state index contributed by atoms with van der Waals surface area (Å²) in [6.07, 6.45) is 0.342. The maximum absolute atomic E-state index is 12.0. The monoisotopic (exact) mass is 275 g/mol. The average Bonchev–Trinajstić information content (AvgIpc) is 2.76. The maximum Gasteiger partial charge on any atom is 0.263 e. The van der Waals surface area contributed by atoms with Crippen LogP contribution in [0.2, 0.25) is 4.34 Å². The number of oxime groups is 1. The summed E-state index contributed by atoms with van der Waals surface area (Å²) in [7, 11) is 0. The molecule has 0 saturated heterocycles. The SMILES string of the molecule is CCN(CCC(N)=NO)C(=O)c1ccc(Cl)s1. The molecule has 0 aliphatic heterocycles. The van der Waals surface area contributed by atoms with Crippen LogP contribution >= 0.6 is 22.9 Å². The first-order valence-corrected chi connectivity index (χ1v) is 6.29. The van der Waals surface area contributed by atoms with Gasteiger partial charge in [-0.1, -0.05) is 16.8 Å². The van der Waals surface area contributed by atoms with E-state index < -0.39 is 0 Å². The number of amidine groups is 1. The molecular formula is C10H14ClN3O2S. The molecule has 1 rings (SSSR count). The Bertz CT molecular complexity index is 419. The lowest BCUT2D eigenvalue weighted by atomic mass is 10.3. The molecule has 3 N–H and O–H groups in total. The third-order valence-corrected chi connectivity index (χ3v) is 3.44. The van der Waals surface area contributed by atoms with Gasteiger partial charge in [-0.25, -0.2) is 0 Å². The van der Waals surface area contributed by atoms with Crippen molar-refractivity contribution in [2.45, 2.75) is 13.3 Å². The van der Waals surface area contributed by atoms with Crippen molar-refractivity contribution < 1.29 is 10.0 Å². The molecule has 0 aliphatic carbocycles. The minimum absolute atomic E-state index is 0.0878. The minimum Gasteiger partial charge on any atom is -0.409 e. The number of carbonyl (C=O) groups is 1. The van der Waals surface area contributed by atoms with Gasteiger partial charge < -0.3 is 15.8 Å². The van der Waals surface area contributed by atoms with Gasteiger partial charge in [-0.05, 0) is 19.1 Å². The van der Waals surface area contributed by atoms with Crippen LogP contribution in [0.25, 0.3) is 0 Å². The Morgan fingerprint density at radius 2 is 2.35 bits per heavy atom. The highest BCUT2D eigenvalue weighted by Gasteiger charge is 2.16. The van der Waals surface area contributed by atoms with Crippen molar-refractivity contribution in [3.8, 4) is 0 Å². The topological polar surface area (TPSA) is 78.9 Å². The second kappa shape index (κ2) is 6.46. The number of nitrogens with two attached hydrogens (primary N) is 1. The number of thiophene rings is 1. The van der Waals surface area contributed by atoms with Gasteiger partial charge in [0.2, 0.25) is 0 Å². The van der Waals surface area contributed by atoms with Crippen molar-refractivity contribution >= 4 is 34.7 Å². The van der Waals surface area contributed by atoms with Crippen LogP contribution in [0.5, 0.6) is 0 Å². The lowest BCUT2D eigenvalue weighted by molar-refractivity contribution is 0.0773. The first-order chi connectivity index (χ1) is 8.08. The maximum atomic E-state index is 12.0. The van der Waals surface area contributed by atoms with E-state index >= 15 is 0 Å². The highest BCUT2D eigenvalue weighted by molar-refractivity contribution is 7.17. The predicted molar refractivity (Wildman–Crippen MR) is 68.9 cm³/mol. The van der Waals surface area contributed by atoms with E-state index in [4.69, 9.17) is 22.5 Å². The number of carbonyl (C=O) groups excluding carboxylic acids is 1. The van der Waals surface area contributed by atoms with Crippen molar-refractivity contribution in [1.29, 1.82) is 0 Å². The van der Waals surface area contributed by atoms with Crippen LogP contribution in [-0.2, 0) is 0 Å². The minimum atomic E-state index is -0.0878. The van der Waals surface area contributed by atoms with Gasteiger partial charge in [-0.15, -0.1) is 11.3 Å². The summed E-state index contributed by atoms with van der Waals surface area (Å²) < 4.78 is 0.584. The largest absolute Gasteiger partial charge is 0.409 e. The van der Waals surface area contributed by atoms with Crippen molar-refractivity contribution in [2.75, 3.05) is 13.1 Å². The standard InChI is InChI=1S/C10H14ClN3O2S/c1-2-14(6-5-9(12)13-16)10(15)7-3-4-8(11)17-7/h3-4,16H,2,5-6H2,1H3,(H2,12,13). The van der Waals surface area contributed by atoms with Gasteiger partial charge in [0.1, 0.15) is 5.84 Å². The average molecular weight is 276 g/mol. The summed E-state index contributed by atoms with van der Waals surface area (Å²) >= 11 is 7.02. The zero-order valence-electron chi connectivity index (χ0n) is 9.39. The van der Waals surface area contributed by atoms with Gasteiger partial charge >= 0.3 is 0 Å². The summed E-state index contributed by atoms with van der Waals surface area (Å²) in [5.41, 5.74) is 5.36. The van der Waals surface area contributed by atoms with E-state index in [0.717, 1.165) is 0 Å². The third-order valence-electron chi connectivity index (χ3n) is 2.22. The van der Waals surface area contributed by atoms with E-state index in [-0.39, 0.29) is 11.7 Å². The normalized spacial score (nSPS) is 11.5. The van der Waals surface area contributed by atoms with Crippen molar-refractivity contribution in [1.82, 2.24) is 4.90 Å². The van der Waals surface area contributed by atoms with Crippen molar-refractivity contribution in [3.05, 3.63) is 21.3 Å². The second-order valence-corrected chi connectivity index (χ2v) is 5.05. The zero-order chi connectivity index (χ0) is 12.8. The first kappa shape index (κ1) is 13.8. The zero-order valence-corrected chi connectivity index (χ0v) is 11.0. The summed E-state index contributed by atoms with van der Waals surface area (Å²) in [5.74, 6) is 0.0237.